The van der Waals surface area contributed by atoms with Crippen molar-refractivity contribution in [3.63, 3.8) is 0 Å². The topological polar surface area (TPSA) is 38.5 Å². The summed E-state index contributed by atoms with van der Waals surface area (Å²) in [5.41, 5.74) is 7.71. The molecule has 3 nitrogen and oxygen atoms in total. The lowest BCUT2D eigenvalue weighted by molar-refractivity contribution is 0.321. The van der Waals surface area contributed by atoms with Gasteiger partial charge in [0.1, 0.15) is 5.75 Å². The van der Waals surface area contributed by atoms with Gasteiger partial charge < -0.3 is 10.5 Å². The van der Waals surface area contributed by atoms with Crippen molar-refractivity contribution in [3.05, 3.63) is 23.8 Å². The van der Waals surface area contributed by atoms with E-state index in [2.05, 4.69) is 11.0 Å². The van der Waals surface area contributed by atoms with Crippen molar-refractivity contribution < 1.29 is 4.74 Å². The van der Waals surface area contributed by atoms with E-state index in [1.54, 1.807) is 7.11 Å². The number of nitrogens with two attached hydrogens (primary N) is 1. The Balaban J connectivity index is 2.12. The van der Waals surface area contributed by atoms with Crippen molar-refractivity contribution in [3.8, 4) is 5.75 Å². The fraction of sp³-hybridized carbons (Fsp3) is 0.500. The molecule has 1 aromatic rings. The Morgan fingerprint density at radius 1 is 1.33 bits per heavy atom. The van der Waals surface area contributed by atoms with Gasteiger partial charge in [-0.2, -0.15) is 0 Å². The second kappa shape index (κ2) is 4.53. The second-order valence-corrected chi connectivity index (χ2v) is 4.05. The van der Waals surface area contributed by atoms with Gasteiger partial charge in [0.05, 0.1) is 7.11 Å². The molecule has 2 N–H and O–H groups in total. The van der Waals surface area contributed by atoms with Crippen molar-refractivity contribution in [2.75, 3.05) is 25.9 Å². The van der Waals surface area contributed by atoms with E-state index < -0.39 is 0 Å². The largest absolute Gasteiger partial charge is 0.496 e. The van der Waals surface area contributed by atoms with E-state index in [1.807, 2.05) is 12.1 Å². The summed E-state index contributed by atoms with van der Waals surface area (Å²) in [5, 5.41) is 0. The summed E-state index contributed by atoms with van der Waals surface area (Å²) >= 11 is 0. The maximum absolute atomic E-state index is 5.72. The van der Waals surface area contributed by atoms with Crippen molar-refractivity contribution in [1.29, 1.82) is 0 Å². The molecule has 3 heteroatoms. The molecule has 0 saturated carbocycles. The Morgan fingerprint density at radius 2 is 2.07 bits per heavy atom. The molecule has 0 bridgehead atoms. The third-order valence-corrected chi connectivity index (χ3v) is 2.90. The maximum Gasteiger partial charge on any atom is 0.125 e. The van der Waals surface area contributed by atoms with Gasteiger partial charge in [-0.1, -0.05) is 6.07 Å². The van der Waals surface area contributed by atoms with Crippen LogP contribution in [0.2, 0.25) is 0 Å². The van der Waals surface area contributed by atoms with Gasteiger partial charge in [-0.25, -0.2) is 0 Å². The first-order valence-corrected chi connectivity index (χ1v) is 5.44. The number of rotatable bonds is 3. The molecule has 0 amide bonds. The van der Waals surface area contributed by atoms with E-state index in [0.717, 1.165) is 18.0 Å². The van der Waals surface area contributed by atoms with Crippen LogP contribution < -0.4 is 10.5 Å². The van der Waals surface area contributed by atoms with Gasteiger partial charge in [0.25, 0.3) is 0 Å². The van der Waals surface area contributed by atoms with Gasteiger partial charge in [-0.15, -0.1) is 0 Å². The number of ether oxygens (including phenoxy) is 1. The van der Waals surface area contributed by atoms with Crippen LogP contribution in [-0.4, -0.2) is 25.1 Å². The van der Waals surface area contributed by atoms with E-state index in [9.17, 15) is 0 Å². The van der Waals surface area contributed by atoms with Crippen molar-refractivity contribution >= 4 is 5.69 Å². The quantitative estimate of drug-likeness (QED) is 0.767. The number of methoxy groups -OCH3 is 1. The lowest BCUT2D eigenvalue weighted by atomic mass is 10.1. The molecule has 0 aromatic heterocycles. The molecule has 2 rings (SSSR count). The summed E-state index contributed by atoms with van der Waals surface area (Å²) < 4.78 is 5.33. The summed E-state index contributed by atoms with van der Waals surface area (Å²) in [4.78, 5) is 2.45. The highest BCUT2D eigenvalue weighted by Gasteiger charge is 2.13. The second-order valence-electron chi connectivity index (χ2n) is 4.05. The van der Waals surface area contributed by atoms with Crippen molar-refractivity contribution in [1.82, 2.24) is 4.90 Å². The number of nitrogens with zero attached hydrogens (tertiary/aromatic N) is 1. The highest BCUT2D eigenvalue weighted by atomic mass is 16.5. The van der Waals surface area contributed by atoms with Crippen LogP contribution in [0.15, 0.2) is 18.2 Å². The lowest BCUT2D eigenvalue weighted by Gasteiger charge is -2.17. The Labute approximate surface area is 90.8 Å². The Hall–Kier alpha value is -1.22. The molecule has 0 unspecified atom stereocenters. The van der Waals surface area contributed by atoms with Crippen LogP contribution in [0.3, 0.4) is 0 Å². The lowest BCUT2D eigenvalue weighted by Crippen LogP contribution is -2.18. The smallest absolute Gasteiger partial charge is 0.125 e. The number of hydrogen-bond acceptors (Lipinski definition) is 3. The third kappa shape index (κ3) is 2.42. The predicted molar refractivity (Wildman–Crippen MR) is 61.9 cm³/mol. The van der Waals surface area contributed by atoms with E-state index >= 15 is 0 Å². The average molecular weight is 206 g/mol. The highest BCUT2D eigenvalue weighted by molar-refractivity contribution is 5.48. The van der Waals surface area contributed by atoms with Gasteiger partial charge >= 0.3 is 0 Å². The van der Waals surface area contributed by atoms with Gasteiger partial charge in [-0.05, 0) is 32.0 Å². The third-order valence-electron chi connectivity index (χ3n) is 2.90. The fourth-order valence-corrected chi connectivity index (χ4v) is 2.07. The fourth-order valence-electron chi connectivity index (χ4n) is 2.07. The Kier molecular flexibility index (Phi) is 3.11. The molecule has 82 valence electrons. The van der Waals surface area contributed by atoms with E-state index in [-0.39, 0.29) is 0 Å². The first kappa shape index (κ1) is 10.3. The van der Waals surface area contributed by atoms with Crippen molar-refractivity contribution in [2.24, 2.45) is 0 Å². The minimum Gasteiger partial charge on any atom is -0.496 e. The molecule has 1 aromatic carbocycles. The van der Waals surface area contributed by atoms with Gasteiger partial charge in [0.15, 0.2) is 0 Å². The Morgan fingerprint density at radius 3 is 2.73 bits per heavy atom. The number of hydrogen-bond donors (Lipinski definition) is 1. The highest BCUT2D eigenvalue weighted by Crippen LogP contribution is 2.24. The molecule has 1 saturated heterocycles. The number of nitrogen functional groups attached to an aromatic ring is 1. The maximum atomic E-state index is 5.72. The molecule has 1 aliphatic rings. The summed E-state index contributed by atoms with van der Waals surface area (Å²) in [6.45, 7) is 3.38. The van der Waals surface area contributed by atoms with Crippen molar-refractivity contribution in [2.45, 2.75) is 19.4 Å². The molecular weight excluding hydrogens is 188 g/mol. The standard InChI is InChI=1S/C12H18N2O/c1-15-12-8-11(13)5-4-10(12)9-14-6-2-3-7-14/h4-5,8H,2-3,6-7,9,13H2,1H3. The zero-order valence-corrected chi connectivity index (χ0v) is 9.20. The average Bonchev–Trinajstić information content (AvgIpc) is 2.73. The summed E-state index contributed by atoms with van der Waals surface area (Å²) in [7, 11) is 1.70. The summed E-state index contributed by atoms with van der Waals surface area (Å²) in [6.07, 6.45) is 2.63. The van der Waals surface area contributed by atoms with Crippen LogP contribution in [0.4, 0.5) is 5.69 Å². The zero-order valence-electron chi connectivity index (χ0n) is 9.20. The summed E-state index contributed by atoms with van der Waals surface area (Å²) in [6, 6.07) is 5.89. The first-order chi connectivity index (χ1) is 7.29. The van der Waals surface area contributed by atoms with Gasteiger partial charge in [0, 0.05) is 23.9 Å². The molecule has 1 heterocycles. The van der Waals surface area contributed by atoms with Crippen LogP contribution in [0.25, 0.3) is 0 Å². The number of benzene rings is 1. The SMILES string of the molecule is COc1cc(N)ccc1CN1CCCC1. The van der Waals surface area contributed by atoms with Gasteiger partial charge in [-0.3, -0.25) is 4.90 Å². The molecule has 0 atom stereocenters. The molecule has 1 fully saturated rings. The molecule has 15 heavy (non-hydrogen) atoms. The monoisotopic (exact) mass is 206 g/mol. The van der Waals surface area contributed by atoms with Crippen LogP contribution in [0.5, 0.6) is 5.75 Å². The van der Waals surface area contributed by atoms with Crippen LogP contribution in [0, 0.1) is 0 Å². The molecular formula is C12H18N2O. The van der Waals surface area contributed by atoms with E-state index in [1.165, 1.54) is 31.5 Å². The molecule has 0 spiro atoms. The zero-order chi connectivity index (χ0) is 10.7. The minimum atomic E-state index is 0.761. The summed E-state index contributed by atoms with van der Waals surface area (Å²) in [5.74, 6) is 0.905. The van der Waals surface area contributed by atoms with Crippen LogP contribution >= 0.6 is 0 Å². The number of likely N-dealkylation sites (tertiary alicyclic amines) is 1. The predicted octanol–water partition coefficient (Wildman–Crippen LogP) is 1.87. The Bertz CT molecular complexity index is 332. The molecule has 0 radical (unpaired) electrons. The number of anilines is 1. The normalized spacial score (nSPS) is 16.9. The van der Waals surface area contributed by atoms with Crippen LogP contribution in [0.1, 0.15) is 18.4 Å². The van der Waals surface area contributed by atoms with E-state index in [4.69, 9.17) is 10.5 Å². The van der Waals surface area contributed by atoms with E-state index in [0.29, 0.717) is 0 Å². The van der Waals surface area contributed by atoms with Crippen LogP contribution in [-0.2, 0) is 6.54 Å². The minimum absolute atomic E-state index is 0.761. The molecule has 0 aliphatic carbocycles. The first-order valence-electron chi connectivity index (χ1n) is 5.44. The van der Waals surface area contributed by atoms with Gasteiger partial charge in [0.2, 0.25) is 0 Å². The molecule has 1 aliphatic heterocycles.